The highest BCUT2D eigenvalue weighted by molar-refractivity contribution is 7.90. The van der Waals surface area contributed by atoms with Crippen LogP contribution in [0.1, 0.15) is 16.1 Å². The number of carbonyl (C=O) groups excluding carboxylic acids is 1. The van der Waals surface area contributed by atoms with Gasteiger partial charge in [0.1, 0.15) is 23.0 Å². The first-order valence-electron chi connectivity index (χ1n) is 9.83. The summed E-state index contributed by atoms with van der Waals surface area (Å²) in [5, 5.41) is 0. The minimum absolute atomic E-state index is 0.0193. The minimum Gasteiger partial charge on any atom is -0.457 e. The van der Waals surface area contributed by atoms with Crippen molar-refractivity contribution in [3.05, 3.63) is 96.3 Å². The Morgan fingerprint density at radius 1 is 0.938 bits per heavy atom. The van der Waals surface area contributed by atoms with Crippen LogP contribution in [-0.4, -0.2) is 23.9 Å². The summed E-state index contributed by atoms with van der Waals surface area (Å²) in [6, 6.07) is 23.1. The number of nitrogens with one attached hydrogen (secondary N) is 1. The highest BCUT2D eigenvalue weighted by Crippen LogP contribution is 2.32. The molecule has 0 aliphatic carbocycles. The fourth-order valence-electron chi connectivity index (χ4n) is 3.27. The maximum Gasteiger partial charge on any atom is 0.285 e. The number of amides is 1. The van der Waals surface area contributed by atoms with E-state index in [1.165, 1.54) is 12.3 Å². The Kier molecular flexibility index (Phi) is 5.79. The van der Waals surface area contributed by atoms with Gasteiger partial charge < -0.3 is 9.30 Å². The molecule has 0 radical (unpaired) electrons. The zero-order valence-electron chi connectivity index (χ0n) is 17.5. The van der Waals surface area contributed by atoms with Crippen LogP contribution in [0.2, 0.25) is 0 Å². The lowest BCUT2D eigenvalue weighted by molar-refractivity contribution is 0.0977. The van der Waals surface area contributed by atoms with Crippen LogP contribution in [0, 0.1) is 6.92 Å². The number of para-hydroxylation sites is 2. The van der Waals surface area contributed by atoms with Crippen molar-refractivity contribution in [3.63, 3.8) is 0 Å². The van der Waals surface area contributed by atoms with E-state index in [-0.39, 0.29) is 10.6 Å². The van der Waals surface area contributed by atoms with Gasteiger partial charge in [-0.15, -0.1) is 0 Å². The van der Waals surface area contributed by atoms with E-state index in [2.05, 4.69) is 9.71 Å². The van der Waals surface area contributed by atoms with Crippen LogP contribution in [-0.2, 0) is 17.1 Å². The summed E-state index contributed by atoms with van der Waals surface area (Å²) in [7, 11) is -2.30. The number of hydrogen-bond donors (Lipinski definition) is 1. The van der Waals surface area contributed by atoms with Gasteiger partial charge in [0.25, 0.3) is 15.9 Å². The van der Waals surface area contributed by atoms with E-state index < -0.39 is 15.9 Å². The highest BCUT2D eigenvalue weighted by Gasteiger charge is 2.23. The summed E-state index contributed by atoms with van der Waals surface area (Å²) >= 11 is 0. The first-order valence-corrected chi connectivity index (χ1v) is 11.3. The Morgan fingerprint density at radius 2 is 1.59 bits per heavy atom. The largest absolute Gasteiger partial charge is 0.457 e. The molecule has 1 N–H and O–H groups in total. The molecule has 4 aromatic rings. The van der Waals surface area contributed by atoms with Gasteiger partial charge in [0.05, 0.1) is 10.5 Å². The van der Waals surface area contributed by atoms with E-state index in [4.69, 9.17) is 4.74 Å². The number of carbonyl (C=O) groups is 1. The topological polar surface area (TPSA) is 90.3 Å². The summed E-state index contributed by atoms with van der Waals surface area (Å²) in [4.78, 5) is 17.2. The summed E-state index contributed by atoms with van der Waals surface area (Å²) in [5.74, 6) is 0.884. The van der Waals surface area contributed by atoms with Crippen molar-refractivity contribution >= 4 is 15.9 Å². The molecule has 1 amide bonds. The first-order chi connectivity index (χ1) is 15.3. The van der Waals surface area contributed by atoms with Crippen LogP contribution in [0.15, 0.2) is 90.0 Å². The maximum atomic E-state index is 12.7. The summed E-state index contributed by atoms with van der Waals surface area (Å²) in [6.07, 6.45) is 1.48. The second-order valence-electron chi connectivity index (χ2n) is 7.17. The molecule has 0 saturated heterocycles. The van der Waals surface area contributed by atoms with Crippen LogP contribution in [0.4, 0.5) is 0 Å². The third-order valence-electron chi connectivity index (χ3n) is 4.82. The minimum atomic E-state index is -4.03. The van der Waals surface area contributed by atoms with Gasteiger partial charge in [0, 0.05) is 13.2 Å². The van der Waals surface area contributed by atoms with Crippen LogP contribution < -0.4 is 9.46 Å². The Hall–Kier alpha value is -3.91. The number of aromatic nitrogens is 2. The van der Waals surface area contributed by atoms with Crippen LogP contribution in [0.3, 0.4) is 0 Å². The molecule has 0 aliphatic heterocycles. The molecule has 4 rings (SSSR count). The predicted octanol–water partition coefficient (Wildman–Crippen LogP) is 4.31. The Morgan fingerprint density at radius 3 is 2.34 bits per heavy atom. The molecule has 1 aromatic heterocycles. The van der Waals surface area contributed by atoms with E-state index in [0.29, 0.717) is 28.5 Å². The van der Waals surface area contributed by atoms with E-state index in [0.717, 1.165) is 0 Å². The molecule has 0 spiro atoms. The molecular weight excluding hydrogens is 426 g/mol. The van der Waals surface area contributed by atoms with E-state index in [1.54, 1.807) is 42.8 Å². The molecule has 3 aromatic carbocycles. The third kappa shape index (κ3) is 4.40. The molecule has 162 valence electrons. The van der Waals surface area contributed by atoms with Gasteiger partial charge in [-0.25, -0.2) is 18.1 Å². The predicted molar refractivity (Wildman–Crippen MR) is 121 cm³/mol. The monoisotopic (exact) mass is 447 g/mol. The van der Waals surface area contributed by atoms with Crippen molar-refractivity contribution in [3.8, 4) is 22.9 Å². The van der Waals surface area contributed by atoms with Gasteiger partial charge in [-0.2, -0.15) is 0 Å². The Bertz CT molecular complexity index is 1380. The molecule has 0 fully saturated rings. The molecule has 1 heterocycles. The SMILES string of the molecule is Cc1ccccc1S(=O)(=O)NC(=O)c1cn(C)c(-c2ccccc2Oc2ccccc2)n1. The lowest BCUT2D eigenvalue weighted by atomic mass is 10.2. The molecule has 0 saturated carbocycles. The van der Waals surface area contributed by atoms with Crippen molar-refractivity contribution < 1.29 is 17.9 Å². The summed E-state index contributed by atoms with van der Waals surface area (Å²) in [6.45, 7) is 1.67. The summed E-state index contributed by atoms with van der Waals surface area (Å²) in [5.41, 5.74) is 1.19. The van der Waals surface area contributed by atoms with Crippen molar-refractivity contribution in [2.24, 2.45) is 7.05 Å². The Balaban J connectivity index is 1.63. The molecule has 0 aliphatic rings. The lowest BCUT2D eigenvalue weighted by Gasteiger charge is -2.10. The van der Waals surface area contributed by atoms with Crippen LogP contribution in [0.5, 0.6) is 11.5 Å². The van der Waals surface area contributed by atoms with Gasteiger partial charge in [-0.3, -0.25) is 4.79 Å². The van der Waals surface area contributed by atoms with E-state index in [1.807, 2.05) is 48.5 Å². The highest BCUT2D eigenvalue weighted by atomic mass is 32.2. The fourth-order valence-corrected chi connectivity index (χ4v) is 4.48. The van der Waals surface area contributed by atoms with Crippen molar-refractivity contribution in [1.29, 1.82) is 0 Å². The third-order valence-corrected chi connectivity index (χ3v) is 6.31. The second kappa shape index (κ2) is 8.68. The maximum absolute atomic E-state index is 12.7. The van der Waals surface area contributed by atoms with Gasteiger partial charge >= 0.3 is 0 Å². The van der Waals surface area contributed by atoms with Gasteiger partial charge in [0.2, 0.25) is 0 Å². The smallest absolute Gasteiger partial charge is 0.285 e. The van der Waals surface area contributed by atoms with Gasteiger partial charge in [0.15, 0.2) is 0 Å². The van der Waals surface area contributed by atoms with Crippen molar-refractivity contribution in [2.45, 2.75) is 11.8 Å². The average Bonchev–Trinajstić information content (AvgIpc) is 3.16. The molecule has 0 unspecified atom stereocenters. The number of sulfonamides is 1. The number of benzene rings is 3. The normalized spacial score (nSPS) is 11.2. The van der Waals surface area contributed by atoms with E-state index in [9.17, 15) is 13.2 Å². The fraction of sp³-hybridized carbons (Fsp3) is 0.0833. The zero-order valence-corrected chi connectivity index (χ0v) is 18.3. The molecule has 32 heavy (non-hydrogen) atoms. The molecular formula is C24H21N3O4S. The molecule has 0 atom stereocenters. The number of imidazole rings is 1. The standard InChI is InChI=1S/C24H21N3O4S/c1-17-10-6-9-15-22(17)32(29,30)26-24(28)20-16-27(2)23(25-20)19-13-7-8-14-21(19)31-18-11-4-3-5-12-18/h3-16H,1-2H3,(H,26,28). The number of nitrogens with zero attached hydrogens (tertiary/aromatic N) is 2. The van der Waals surface area contributed by atoms with Crippen LogP contribution in [0.25, 0.3) is 11.4 Å². The average molecular weight is 448 g/mol. The number of rotatable bonds is 6. The number of ether oxygens (including phenoxy) is 1. The van der Waals surface area contributed by atoms with Crippen molar-refractivity contribution in [1.82, 2.24) is 14.3 Å². The molecule has 0 bridgehead atoms. The molecule has 8 heteroatoms. The Labute approximate surface area is 186 Å². The zero-order chi connectivity index (χ0) is 22.7. The number of aryl methyl sites for hydroxylation is 2. The quantitative estimate of drug-likeness (QED) is 0.476. The lowest BCUT2D eigenvalue weighted by Crippen LogP contribution is -2.31. The van der Waals surface area contributed by atoms with E-state index >= 15 is 0 Å². The molecule has 7 nitrogen and oxygen atoms in total. The first kappa shape index (κ1) is 21.3. The van der Waals surface area contributed by atoms with Gasteiger partial charge in [-0.05, 0) is 42.8 Å². The van der Waals surface area contributed by atoms with Gasteiger partial charge in [-0.1, -0.05) is 48.5 Å². The summed E-state index contributed by atoms with van der Waals surface area (Å²) < 4.78 is 35.1. The number of hydrogen-bond acceptors (Lipinski definition) is 5. The van der Waals surface area contributed by atoms with Crippen LogP contribution >= 0.6 is 0 Å². The van der Waals surface area contributed by atoms with Crippen molar-refractivity contribution in [2.75, 3.05) is 0 Å². The second-order valence-corrected chi connectivity index (χ2v) is 8.82.